The maximum atomic E-state index is 13.2. The van der Waals surface area contributed by atoms with Crippen molar-refractivity contribution in [2.45, 2.75) is 64.5 Å². The molecule has 5 rings (SSSR count). The number of aromatic nitrogens is 2. The second kappa shape index (κ2) is 7.15. The van der Waals surface area contributed by atoms with Crippen molar-refractivity contribution in [1.82, 2.24) is 20.2 Å². The predicted molar refractivity (Wildman–Crippen MR) is 121 cm³/mol. The van der Waals surface area contributed by atoms with Crippen LogP contribution < -0.4 is 5.32 Å². The Morgan fingerprint density at radius 3 is 2.31 bits per heavy atom. The second-order valence-electron chi connectivity index (χ2n) is 11.1. The molecule has 1 aromatic heterocycles. The van der Waals surface area contributed by atoms with Crippen molar-refractivity contribution in [3.8, 4) is 0 Å². The van der Waals surface area contributed by atoms with E-state index in [1.807, 2.05) is 58.9 Å². The number of nitrogens with zero attached hydrogens (tertiary/aromatic N) is 3. The van der Waals surface area contributed by atoms with Gasteiger partial charge in [0.1, 0.15) is 11.4 Å². The van der Waals surface area contributed by atoms with Gasteiger partial charge in [0.15, 0.2) is 0 Å². The van der Waals surface area contributed by atoms with Crippen LogP contribution in [0.2, 0.25) is 0 Å². The van der Waals surface area contributed by atoms with Gasteiger partial charge in [0.2, 0.25) is 5.91 Å². The lowest BCUT2D eigenvalue weighted by molar-refractivity contribution is -0.125. The third kappa shape index (κ3) is 3.93. The lowest BCUT2D eigenvalue weighted by atomic mass is 9.95. The molecule has 2 heterocycles. The minimum atomic E-state index is -0.620. The zero-order valence-corrected chi connectivity index (χ0v) is 19.5. The first kappa shape index (κ1) is 21.2. The Hall–Kier alpha value is -2.70. The molecule has 1 N–H and O–H groups in total. The van der Waals surface area contributed by atoms with E-state index in [-0.39, 0.29) is 29.8 Å². The van der Waals surface area contributed by atoms with Crippen LogP contribution in [0.4, 0.5) is 4.79 Å². The Labute approximate surface area is 188 Å². The lowest BCUT2D eigenvalue weighted by Crippen LogP contribution is -2.44. The lowest BCUT2D eigenvalue weighted by Gasteiger charge is -2.29. The average Bonchev–Trinajstić information content (AvgIpc) is 3.62. The molecule has 0 radical (unpaired) electrons. The molecule has 1 saturated heterocycles. The van der Waals surface area contributed by atoms with Crippen molar-refractivity contribution in [1.29, 1.82) is 0 Å². The van der Waals surface area contributed by atoms with E-state index < -0.39 is 11.1 Å². The number of ether oxygens (including phenoxy) is 1. The smallest absolute Gasteiger partial charge is 0.410 e. The quantitative estimate of drug-likeness (QED) is 0.784. The van der Waals surface area contributed by atoms with Crippen molar-refractivity contribution in [2.75, 3.05) is 13.1 Å². The molecular weight excluding hydrogens is 404 g/mol. The normalized spacial score (nSPS) is 24.9. The van der Waals surface area contributed by atoms with Crippen LogP contribution in [0.15, 0.2) is 24.3 Å². The number of fused-ring (bicyclic) bond motifs is 2. The summed E-state index contributed by atoms with van der Waals surface area (Å²) in [7, 11) is 0. The van der Waals surface area contributed by atoms with Gasteiger partial charge in [0.05, 0.1) is 16.7 Å². The molecule has 2 amide bonds. The highest BCUT2D eigenvalue weighted by Crippen LogP contribution is 2.52. The summed E-state index contributed by atoms with van der Waals surface area (Å²) >= 11 is 0. The fraction of sp³-hybridized carbons (Fsp3) is 0.600. The molecule has 7 heteroatoms. The van der Waals surface area contributed by atoms with Crippen LogP contribution in [0.5, 0.6) is 0 Å². The number of hydrogen-bond acceptors (Lipinski definition) is 5. The zero-order valence-electron chi connectivity index (χ0n) is 19.5. The van der Waals surface area contributed by atoms with Crippen molar-refractivity contribution in [3.63, 3.8) is 0 Å². The van der Waals surface area contributed by atoms with Crippen LogP contribution in [-0.4, -0.2) is 45.6 Å². The first-order valence-corrected chi connectivity index (χ1v) is 11.6. The zero-order chi connectivity index (χ0) is 22.8. The van der Waals surface area contributed by atoms with Gasteiger partial charge in [0, 0.05) is 30.3 Å². The van der Waals surface area contributed by atoms with Crippen LogP contribution >= 0.6 is 0 Å². The molecule has 1 aliphatic heterocycles. The van der Waals surface area contributed by atoms with E-state index in [9.17, 15) is 9.59 Å². The van der Waals surface area contributed by atoms with Crippen molar-refractivity contribution in [2.24, 2.45) is 17.8 Å². The van der Waals surface area contributed by atoms with E-state index >= 15 is 0 Å². The van der Waals surface area contributed by atoms with E-state index in [2.05, 4.69) is 5.32 Å². The molecule has 0 spiro atoms. The summed E-state index contributed by atoms with van der Waals surface area (Å²) in [6, 6.07) is 8.02. The molecule has 2 aromatic rings. The third-order valence-corrected chi connectivity index (χ3v) is 6.74. The predicted octanol–water partition coefficient (Wildman–Crippen LogP) is 3.97. The van der Waals surface area contributed by atoms with E-state index in [1.54, 1.807) is 4.90 Å². The summed E-state index contributed by atoms with van der Waals surface area (Å²) in [6.07, 6.45) is 1.97. The number of rotatable bonds is 4. The number of carbonyl (C=O) groups excluding carboxylic acids is 2. The highest BCUT2D eigenvalue weighted by Gasteiger charge is 2.61. The summed E-state index contributed by atoms with van der Waals surface area (Å²) in [4.78, 5) is 36.9. The van der Waals surface area contributed by atoms with Crippen LogP contribution in [0.25, 0.3) is 10.9 Å². The molecule has 3 fully saturated rings. The Morgan fingerprint density at radius 1 is 1.03 bits per heavy atom. The van der Waals surface area contributed by atoms with Crippen molar-refractivity contribution >= 4 is 22.9 Å². The van der Waals surface area contributed by atoms with Gasteiger partial charge in [-0.25, -0.2) is 14.8 Å². The minimum absolute atomic E-state index is 0.0458. The molecule has 2 saturated carbocycles. The van der Waals surface area contributed by atoms with E-state index in [1.165, 1.54) is 0 Å². The fourth-order valence-electron chi connectivity index (χ4n) is 4.94. The van der Waals surface area contributed by atoms with E-state index in [0.29, 0.717) is 19.0 Å². The molecule has 32 heavy (non-hydrogen) atoms. The average molecular weight is 437 g/mol. The second-order valence-corrected chi connectivity index (χ2v) is 11.1. The highest BCUT2D eigenvalue weighted by atomic mass is 16.6. The third-order valence-electron chi connectivity index (χ3n) is 6.74. The van der Waals surface area contributed by atoms with Gasteiger partial charge in [-0.15, -0.1) is 0 Å². The molecule has 1 aromatic carbocycles. The molecular formula is C25H32N4O3. The first-order valence-electron chi connectivity index (χ1n) is 11.6. The molecule has 2 aliphatic carbocycles. The summed E-state index contributed by atoms with van der Waals surface area (Å²) in [5.74, 6) is 1.74. The number of piperidine rings is 1. The standard InChI is InChI=1S/C25H32N4O3/c1-24(2,3)32-23(31)29-12-16-17(13-29)19(16)22(30)28-25(4,5)20-15-8-6-7-9-18(15)26-21(27-20)14-10-11-14/h6-9,14,16-17,19H,10-13H2,1-5H3,(H,28,30)/t16-,17+,19+. The maximum Gasteiger partial charge on any atom is 0.410 e. The molecule has 7 nitrogen and oxygen atoms in total. The Bertz CT molecular complexity index is 1070. The Morgan fingerprint density at radius 2 is 1.69 bits per heavy atom. The van der Waals surface area contributed by atoms with Gasteiger partial charge in [-0.1, -0.05) is 18.2 Å². The molecule has 0 unspecified atom stereocenters. The summed E-state index contributed by atoms with van der Waals surface area (Å²) in [5.41, 5.74) is 0.674. The van der Waals surface area contributed by atoms with Gasteiger partial charge in [0.25, 0.3) is 0 Å². The first-order chi connectivity index (χ1) is 15.0. The van der Waals surface area contributed by atoms with Crippen molar-refractivity contribution < 1.29 is 14.3 Å². The van der Waals surface area contributed by atoms with Gasteiger partial charge >= 0.3 is 6.09 Å². The summed E-state index contributed by atoms with van der Waals surface area (Å²) in [6.45, 7) is 10.8. The maximum absolute atomic E-state index is 13.2. The van der Waals surface area contributed by atoms with Gasteiger partial charge in [-0.2, -0.15) is 0 Å². The molecule has 3 atom stereocenters. The van der Waals surface area contributed by atoms with Gasteiger partial charge in [-0.05, 0) is 65.4 Å². The summed E-state index contributed by atoms with van der Waals surface area (Å²) in [5, 5.41) is 4.24. The number of benzene rings is 1. The number of amides is 2. The van der Waals surface area contributed by atoms with Crippen molar-refractivity contribution in [3.05, 3.63) is 35.8 Å². The van der Waals surface area contributed by atoms with Gasteiger partial charge in [-0.3, -0.25) is 4.79 Å². The minimum Gasteiger partial charge on any atom is -0.444 e. The van der Waals surface area contributed by atoms with E-state index in [4.69, 9.17) is 14.7 Å². The number of nitrogens with one attached hydrogen (secondary N) is 1. The largest absolute Gasteiger partial charge is 0.444 e. The van der Waals surface area contributed by atoms with Crippen LogP contribution in [0.3, 0.4) is 0 Å². The Kier molecular flexibility index (Phi) is 4.73. The number of likely N-dealkylation sites (tertiary alicyclic amines) is 1. The van der Waals surface area contributed by atoms with Crippen LogP contribution in [0, 0.1) is 17.8 Å². The fourth-order valence-corrected chi connectivity index (χ4v) is 4.94. The topological polar surface area (TPSA) is 84.4 Å². The highest BCUT2D eigenvalue weighted by molar-refractivity contribution is 5.86. The molecule has 170 valence electrons. The molecule has 3 aliphatic rings. The van der Waals surface area contributed by atoms with Crippen LogP contribution in [0.1, 0.15) is 64.9 Å². The number of carbonyl (C=O) groups is 2. The number of para-hydroxylation sites is 1. The number of hydrogen-bond donors (Lipinski definition) is 1. The SMILES string of the molecule is CC(C)(C)OC(=O)N1C[C@@H]2[C@H](C1)[C@H]2C(=O)NC(C)(C)c1nc(C2CC2)nc2ccccc12. The van der Waals surface area contributed by atoms with E-state index in [0.717, 1.165) is 35.3 Å². The summed E-state index contributed by atoms with van der Waals surface area (Å²) < 4.78 is 5.47. The monoisotopic (exact) mass is 436 g/mol. The molecule has 0 bridgehead atoms. The Balaban J connectivity index is 1.29. The van der Waals surface area contributed by atoms with Crippen LogP contribution in [-0.2, 0) is 15.1 Å². The van der Waals surface area contributed by atoms with Gasteiger partial charge < -0.3 is 15.0 Å².